The second-order valence-corrected chi connectivity index (χ2v) is 10.2. The Bertz CT molecular complexity index is 675. The third-order valence-corrected chi connectivity index (χ3v) is 6.23. The number of rotatable bonds is 14. The van der Waals surface area contributed by atoms with Crippen molar-refractivity contribution in [1.29, 1.82) is 0 Å². The molecule has 0 unspecified atom stereocenters. The molecule has 5 nitrogen and oxygen atoms in total. The number of unbranched alkanes of at least 4 members (excludes halogenated alkanes) is 1. The van der Waals surface area contributed by atoms with Crippen LogP contribution in [0.5, 0.6) is 0 Å². The lowest BCUT2D eigenvalue weighted by molar-refractivity contribution is -0.125. The van der Waals surface area contributed by atoms with Gasteiger partial charge in [0.25, 0.3) is 0 Å². The quantitative estimate of drug-likeness (QED) is 0.415. The van der Waals surface area contributed by atoms with Crippen molar-refractivity contribution in [1.82, 2.24) is 15.5 Å². The number of nitrogens with zero attached hydrogens (tertiary/aromatic N) is 1. The van der Waals surface area contributed by atoms with E-state index in [1.807, 2.05) is 6.07 Å². The highest BCUT2D eigenvalue weighted by Gasteiger charge is 2.32. The molecule has 2 atom stereocenters. The van der Waals surface area contributed by atoms with Crippen LogP contribution in [0.15, 0.2) is 30.3 Å². The average molecular weight is 444 g/mol. The standard InChI is InChI=1S/C27H45N3O2/c1-21(2)15-16-26(31)29-24(19-22(3)4)20-30-18-10-14-25(30)27(32)28-17-9-8-13-23-11-6-5-7-12-23/h5-7,11-12,21-22,24-25H,8-10,13-20H2,1-4H3,(H,28,32)(H,29,31)/t24-,25-/m0/s1. The van der Waals surface area contributed by atoms with Gasteiger partial charge in [0.2, 0.25) is 11.8 Å². The fraction of sp³-hybridized carbons (Fsp3) is 0.704. The molecule has 2 amide bonds. The van der Waals surface area contributed by atoms with Crippen LogP contribution in [0.4, 0.5) is 0 Å². The summed E-state index contributed by atoms with van der Waals surface area (Å²) in [7, 11) is 0. The Labute approximate surface area is 195 Å². The Morgan fingerprint density at radius 3 is 2.50 bits per heavy atom. The van der Waals surface area contributed by atoms with Crippen molar-refractivity contribution in [3.05, 3.63) is 35.9 Å². The Kier molecular flexibility index (Phi) is 11.8. The van der Waals surface area contributed by atoms with E-state index < -0.39 is 0 Å². The number of benzene rings is 1. The SMILES string of the molecule is CC(C)CCC(=O)N[C@@H](CC(C)C)CN1CCC[C@H]1C(=O)NCCCCc1ccccc1. The summed E-state index contributed by atoms with van der Waals surface area (Å²) in [5.74, 6) is 1.33. The number of carbonyl (C=O) groups excluding carboxylic acids is 2. The summed E-state index contributed by atoms with van der Waals surface area (Å²) in [4.78, 5) is 27.6. The lowest BCUT2D eigenvalue weighted by atomic mass is 10.0. The van der Waals surface area contributed by atoms with Crippen LogP contribution >= 0.6 is 0 Å². The minimum atomic E-state index is -0.0636. The molecule has 0 aromatic heterocycles. The predicted octanol–water partition coefficient (Wildman–Crippen LogP) is 4.56. The second-order valence-electron chi connectivity index (χ2n) is 10.2. The number of amides is 2. The van der Waals surface area contributed by atoms with Crippen LogP contribution < -0.4 is 10.6 Å². The monoisotopic (exact) mass is 443 g/mol. The molecule has 1 fully saturated rings. The summed E-state index contributed by atoms with van der Waals surface area (Å²) in [6.45, 7) is 11.1. The molecule has 0 bridgehead atoms. The zero-order chi connectivity index (χ0) is 23.3. The molecule has 0 aliphatic carbocycles. The first-order valence-corrected chi connectivity index (χ1v) is 12.7. The van der Waals surface area contributed by atoms with Crippen LogP contribution in [-0.2, 0) is 16.0 Å². The third kappa shape index (κ3) is 10.2. The minimum absolute atomic E-state index is 0.0636. The fourth-order valence-corrected chi connectivity index (χ4v) is 4.52. The maximum absolute atomic E-state index is 12.9. The van der Waals surface area contributed by atoms with Gasteiger partial charge in [-0.25, -0.2) is 0 Å². The maximum atomic E-state index is 12.9. The van der Waals surface area contributed by atoms with Crippen molar-refractivity contribution in [2.24, 2.45) is 11.8 Å². The first kappa shape index (κ1) is 26.4. The lowest BCUT2D eigenvalue weighted by Gasteiger charge is -2.30. The van der Waals surface area contributed by atoms with Gasteiger partial charge in [-0.1, -0.05) is 58.0 Å². The van der Waals surface area contributed by atoms with Gasteiger partial charge in [-0.05, 0) is 68.9 Å². The largest absolute Gasteiger partial charge is 0.355 e. The van der Waals surface area contributed by atoms with E-state index in [9.17, 15) is 9.59 Å². The van der Waals surface area contributed by atoms with Gasteiger partial charge in [-0.3, -0.25) is 14.5 Å². The molecular weight excluding hydrogens is 398 g/mol. The van der Waals surface area contributed by atoms with Gasteiger partial charge in [-0.2, -0.15) is 0 Å². The molecule has 0 saturated carbocycles. The van der Waals surface area contributed by atoms with Gasteiger partial charge < -0.3 is 10.6 Å². The first-order valence-electron chi connectivity index (χ1n) is 12.7. The van der Waals surface area contributed by atoms with E-state index in [2.05, 4.69) is 67.5 Å². The molecule has 1 aromatic rings. The number of aryl methyl sites for hydroxylation is 1. The van der Waals surface area contributed by atoms with E-state index in [4.69, 9.17) is 0 Å². The van der Waals surface area contributed by atoms with E-state index in [-0.39, 0.29) is 23.9 Å². The van der Waals surface area contributed by atoms with Crippen LogP contribution in [0.1, 0.15) is 78.2 Å². The highest BCUT2D eigenvalue weighted by molar-refractivity contribution is 5.82. The Morgan fingerprint density at radius 1 is 1.06 bits per heavy atom. The number of hydrogen-bond acceptors (Lipinski definition) is 3. The lowest BCUT2D eigenvalue weighted by Crippen LogP contribution is -2.50. The summed E-state index contributed by atoms with van der Waals surface area (Å²) < 4.78 is 0. The zero-order valence-electron chi connectivity index (χ0n) is 20.7. The summed E-state index contributed by atoms with van der Waals surface area (Å²) in [5, 5.41) is 6.41. The van der Waals surface area contributed by atoms with Crippen molar-refractivity contribution < 1.29 is 9.59 Å². The van der Waals surface area contributed by atoms with Gasteiger partial charge in [0.1, 0.15) is 0 Å². The van der Waals surface area contributed by atoms with E-state index in [1.165, 1.54) is 5.56 Å². The van der Waals surface area contributed by atoms with Crippen LogP contribution in [0.3, 0.4) is 0 Å². The van der Waals surface area contributed by atoms with Gasteiger partial charge in [0.05, 0.1) is 6.04 Å². The number of hydrogen-bond donors (Lipinski definition) is 2. The molecule has 1 aliphatic rings. The van der Waals surface area contributed by atoms with Gasteiger partial charge >= 0.3 is 0 Å². The van der Waals surface area contributed by atoms with Crippen molar-refractivity contribution in [3.8, 4) is 0 Å². The summed E-state index contributed by atoms with van der Waals surface area (Å²) in [6.07, 6.45) is 7.52. The van der Waals surface area contributed by atoms with E-state index in [1.54, 1.807) is 0 Å². The molecule has 5 heteroatoms. The van der Waals surface area contributed by atoms with Crippen molar-refractivity contribution in [3.63, 3.8) is 0 Å². The van der Waals surface area contributed by atoms with E-state index in [0.717, 1.165) is 64.6 Å². The number of likely N-dealkylation sites (tertiary alicyclic amines) is 1. The van der Waals surface area contributed by atoms with Gasteiger partial charge in [-0.15, -0.1) is 0 Å². The fourth-order valence-electron chi connectivity index (χ4n) is 4.52. The predicted molar refractivity (Wildman–Crippen MR) is 132 cm³/mol. The van der Waals surface area contributed by atoms with Crippen molar-refractivity contribution in [2.45, 2.75) is 91.1 Å². The molecule has 1 aliphatic heterocycles. The Morgan fingerprint density at radius 2 is 1.81 bits per heavy atom. The second kappa shape index (κ2) is 14.3. The van der Waals surface area contributed by atoms with Gasteiger partial charge in [0.15, 0.2) is 0 Å². The molecule has 0 spiro atoms. The van der Waals surface area contributed by atoms with Crippen LogP contribution in [0, 0.1) is 11.8 Å². The number of carbonyl (C=O) groups is 2. The number of nitrogens with one attached hydrogen (secondary N) is 2. The Balaban J connectivity index is 1.77. The average Bonchev–Trinajstić information content (AvgIpc) is 3.20. The zero-order valence-corrected chi connectivity index (χ0v) is 20.7. The van der Waals surface area contributed by atoms with Crippen LogP contribution in [-0.4, -0.2) is 48.4 Å². The molecule has 2 N–H and O–H groups in total. The first-order chi connectivity index (χ1) is 15.3. The smallest absolute Gasteiger partial charge is 0.237 e. The molecule has 0 radical (unpaired) electrons. The summed E-state index contributed by atoms with van der Waals surface area (Å²) in [5.41, 5.74) is 1.35. The molecular formula is C27H45N3O2. The summed E-state index contributed by atoms with van der Waals surface area (Å²) >= 11 is 0. The minimum Gasteiger partial charge on any atom is -0.355 e. The molecule has 1 saturated heterocycles. The molecule has 1 aromatic carbocycles. The normalized spacial score (nSPS) is 17.6. The molecule has 1 heterocycles. The van der Waals surface area contributed by atoms with Gasteiger partial charge in [0, 0.05) is 25.6 Å². The van der Waals surface area contributed by atoms with E-state index >= 15 is 0 Å². The van der Waals surface area contributed by atoms with Crippen LogP contribution in [0.25, 0.3) is 0 Å². The van der Waals surface area contributed by atoms with Crippen molar-refractivity contribution >= 4 is 11.8 Å². The maximum Gasteiger partial charge on any atom is 0.237 e. The topological polar surface area (TPSA) is 61.4 Å². The van der Waals surface area contributed by atoms with E-state index in [0.29, 0.717) is 18.3 Å². The van der Waals surface area contributed by atoms with Crippen molar-refractivity contribution in [2.75, 3.05) is 19.6 Å². The molecule has 32 heavy (non-hydrogen) atoms. The van der Waals surface area contributed by atoms with Crippen LogP contribution in [0.2, 0.25) is 0 Å². The Hall–Kier alpha value is -1.88. The summed E-state index contributed by atoms with van der Waals surface area (Å²) in [6, 6.07) is 10.5. The highest BCUT2D eigenvalue weighted by atomic mass is 16.2. The molecule has 180 valence electrons. The third-order valence-electron chi connectivity index (χ3n) is 6.23. The molecule has 2 rings (SSSR count). The highest BCUT2D eigenvalue weighted by Crippen LogP contribution is 2.19.